The van der Waals surface area contributed by atoms with E-state index in [2.05, 4.69) is 37.6 Å². The van der Waals surface area contributed by atoms with Crippen molar-refractivity contribution in [3.63, 3.8) is 0 Å². The molecule has 2 rings (SSSR count). The van der Waals surface area contributed by atoms with Crippen molar-refractivity contribution in [3.8, 4) is 11.8 Å². The molecule has 2 N–H and O–H groups in total. The van der Waals surface area contributed by atoms with Gasteiger partial charge in [0, 0.05) is 31.5 Å². The van der Waals surface area contributed by atoms with Crippen molar-refractivity contribution >= 4 is 34.8 Å². The highest BCUT2D eigenvalue weighted by molar-refractivity contribution is 7.14. The lowest BCUT2D eigenvalue weighted by Crippen LogP contribution is -2.34. The molecule has 0 bridgehead atoms. The molecule has 0 saturated heterocycles. The fraction of sp³-hybridized carbons (Fsp3) is 0.524. The van der Waals surface area contributed by atoms with Gasteiger partial charge in [0.1, 0.15) is 5.84 Å². The van der Waals surface area contributed by atoms with Crippen LogP contribution in [0.15, 0.2) is 16.6 Å². The van der Waals surface area contributed by atoms with Gasteiger partial charge in [-0.25, -0.2) is 4.99 Å². The number of fused-ring (bicyclic) bond motifs is 1. The second kappa shape index (κ2) is 10.2. The summed E-state index contributed by atoms with van der Waals surface area (Å²) in [5.41, 5.74) is 7.63. The quantitative estimate of drug-likeness (QED) is 0.557. The number of hydrogen-bond donors (Lipinski definition) is 1. The largest absolute Gasteiger partial charge is 0.387 e. The molecule has 0 aliphatic carbocycles. The van der Waals surface area contributed by atoms with E-state index in [4.69, 9.17) is 5.73 Å². The third-order valence-corrected chi connectivity index (χ3v) is 5.08. The van der Waals surface area contributed by atoms with E-state index in [1.54, 1.807) is 11.3 Å². The van der Waals surface area contributed by atoms with E-state index in [1.165, 1.54) is 0 Å². The van der Waals surface area contributed by atoms with Gasteiger partial charge in [-0.2, -0.15) is 0 Å². The second-order valence-electron chi connectivity index (χ2n) is 6.51. The molecule has 1 aliphatic rings. The van der Waals surface area contributed by atoms with Gasteiger partial charge in [0.05, 0.1) is 15.4 Å². The Morgan fingerprint density at radius 1 is 1.27 bits per heavy atom. The molecule has 0 unspecified atom stereocenters. The van der Waals surface area contributed by atoms with Crippen LogP contribution in [0.3, 0.4) is 0 Å². The number of aliphatic imine (C=N–C) groups is 1. The topological polar surface area (TPSA) is 58.7 Å². The van der Waals surface area contributed by atoms with Crippen LogP contribution in [0.25, 0.3) is 6.08 Å². The van der Waals surface area contributed by atoms with Crippen LogP contribution in [-0.4, -0.2) is 29.7 Å². The molecule has 0 aromatic carbocycles. The maximum absolute atomic E-state index is 13.0. The predicted octanol–water partition coefficient (Wildman–Crippen LogP) is 4.71. The third kappa shape index (κ3) is 5.47. The van der Waals surface area contributed by atoms with Gasteiger partial charge in [-0.1, -0.05) is 39.0 Å². The smallest absolute Gasteiger partial charge is 0.250 e. The van der Waals surface area contributed by atoms with Crippen LogP contribution < -0.4 is 5.73 Å². The van der Waals surface area contributed by atoms with Crippen molar-refractivity contribution in [2.45, 2.75) is 59.3 Å². The molecule has 1 amide bonds. The molecule has 0 saturated carbocycles. The van der Waals surface area contributed by atoms with Crippen molar-refractivity contribution < 1.29 is 4.79 Å². The minimum atomic E-state index is 0.0729. The van der Waals surface area contributed by atoms with Crippen molar-refractivity contribution in [2.75, 3.05) is 13.1 Å². The Labute approximate surface area is 161 Å². The lowest BCUT2D eigenvalue weighted by atomic mass is 10.1. The number of nitrogens with two attached hydrogens (primary N) is 1. The predicted molar refractivity (Wildman–Crippen MR) is 112 cm³/mol. The van der Waals surface area contributed by atoms with Crippen molar-refractivity contribution in [1.82, 2.24) is 4.90 Å². The van der Waals surface area contributed by atoms with Gasteiger partial charge in [0.25, 0.3) is 0 Å². The van der Waals surface area contributed by atoms with E-state index < -0.39 is 0 Å². The fourth-order valence-corrected chi connectivity index (χ4v) is 3.80. The summed E-state index contributed by atoms with van der Waals surface area (Å²) < 4.78 is 0. The van der Waals surface area contributed by atoms with E-state index in [9.17, 15) is 4.79 Å². The van der Waals surface area contributed by atoms with Crippen LogP contribution in [0.1, 0.15) is 69.1 Å². The standard InChI is InChI=1S/C21H29N3OS/c1-4-7-8-9-10-17-15-18-19(26-17)13-16(14-20(22)23-18)21(25)24(11-5-2)12-6-3/h13,15H,4-8,11-12,14H2,1-3H3,(H2,22,23). The maximum atomic E-state index is 13.0. The van der Waals surface area contributed by atoms with Gasteiger partial charge in [-0.3, -0.25) is 4.79 Å². The summed E-state index contributed by atoms with van der Waals surface area (Å²) in [7, 11) is 0. The molecule has 4 nitrogen and oxygen atoms in total. The summed E-state index contributed by atoms with van der Waals surface area (Å²) in [4.78, 5) is 21.3. The lowest BCUT2D eigenvalue weighted by molar-refractivity contribution is -0.127. The highest BCUT2D eigenvalue weighted by Crippen LogP contribution is 2.34. The summed E-state index contributed by atoms with van der Waals surface area (Å²) >= 11 is 1.58. The molecule has 1 aliphatic heterocycles. The molecular formula is C21H29N3OS. The highest BCUT2D eigenvalue weighted by Gasteiger charge is 2.21. The zero-order chi connectivity index (χ0) is 18.9. The van der Waals surface area contributed by atoms with Crippen molar-refractivity contribution in [1.29, 1.82) is 0 Å². The van der Waals surface area contributed by atoms with Crippen LogP contribution >= 0.6 is 11.3 Å². The van der Waals surface area contributed by atoms with E-state index >= 15 is 0 Å². The van der Waals surface area contributed by atoms with Crippen LogP contribution in [0, 0.1) is 11.8 Å². The summed E-state index contributed by atoms with van der Waals surface area (Å²) in [6.07, 6.45) is 7.44. The zero-order valence-corrected chi connectivity index (χ0v) is 16.9. The average molecular weight is 372 g/mol. The summed E-state index contributed by atoms with van der Waals surface area (Å²) in [5.74, 6) is 6.98. The first-order valence-electron chi connectivity index (χ1n) is 9.54. The minimum Gasteiger partial charge on any atom is -0.387 e. The van der Waals surface area contributed by atoms with Gasteiger partial charge in [-0.05, 0) is 31.4 Å². The molecular weight excluding hydrogens is 342 g/mol. The Kier molecular flexibility index (Phi) is 7.93. The van der Waals surface area contributed by atoms with E-state index in [1.807, 2.05) is 17.0 Å². The summed E-state index contributed by atoms with van der Waals surface area (Å²) in [6.45, 7) is 7.89. The fourth-order valence-electron chi connectivity index (χ4n) is 2.86. The summed E-state index contributed by atoms with van der Waals surface area (Å²) in [6, 6.07) is 1.98. The number of unbranched alkanes of at least 4 members (excludes halogenated alkanes) is 2. The van der Waals surface area contributed by atoms with Crippen molar-refractivity contribution in [2.24, 2.45) is 10.7 Å². The second-order valence-corrected chi connectivity index (χ2v) is 7.59. The van der Waals surface area contributed by atoms with Gasteiger partial charge in [-0.15, -0.1) is 11.3 Å². The molecule has 0 atom stereocenters. The first-order chi connectivity index (χ1) is 12.6. The van der Waals surface area contributed by atoms with Gasteiger partial charge < -0.3 is 10.6 Å². The molecule has 26 heavy (non-hydrogen) atoms. The van der Waals surface area contributed by atoms with E-state index in [0.29, 0.717) is 12.3 Å². The Morgan fingerprint density at radius 2 is 2.00 bits per heavy atom. The molecule has 5 heteroatoms. The number of amidine groups is 1. The molecule has 140 valence electrons. The molecule has 0 radical (unpaired) electrons. The third-order valence-electron chi connectivity index (χ3n) is 4.10. The SMILES string of the molecule is CCCCC#Cc1cc2c(s1)C=C(C(=O)N(CCC)CCC)CC(N)=N2. The van der Waals surface area contributed by atoms with Crippen LogP contribution in [0.2, 0.25) is 0 Å². The number of hydrogen-bond acceptors (Lipinski definition) is 4. The van der Waals surface area contributed by atoms with Gasteiger partial charge in [0.15, 0.2) is 0 Å². The van der Waals surface area contributed by atoms with E-state index in [0.717, 1.165) is 66.2 Å². The first-order valence-corrected chi connectivity index (χ1v) is 10.4. The monoisotopic (exact) mass is 371 g/mol. The Balaban J connectivity index is 2.28. The molecule has 1 aromatic rings. The normalized spacial score (nSPS) is 13.0. The molecule has 2 heterocycles. The molecule has 0 spiro atoms. The Morgan fingerprint density at radius 3 is 2.65 bits per heavy atom. The highest BCUT2D eigenvalue weighted by atomic mass is 32.1. The molecule has 0 fully saturated rings. The van der Waals surface area contributed by atoms with Gasteiger partial charge in [0.2, 0.25) is 5.91 Å². The van der Waals surface area contributed by atoms with E-state index in [-0.39, 0.29) is 5.91 Å². The van der Waals surface area contributed by atoms with Crippen LogP contribution in [0.4, 0.5) is 5.69 Å². The minimum absolute atomic E-state index is 0.0729. The van der Waals surface area contributed by atoms with Crippen LogP contribution in [0.5, 0.6) is 0 Å². The Bertz CT molecular complexity index is 743. The number of nitrogens with zero attached hydrogens (tertiary/aromatic N) is 2. The number of carbonyl (C=O) groups excluding carboxylic acids is 1. The van der Waals surface area contributed by atoms with Gasteiger partial charge >= 0.3 is 0 Å². The number of amides is 1. The van der Waals surface area contributed by atoms with Crippen LogP contribution in [-0.2, 0) is 4.79 Å². The maximum Gasteiger partial charge on any atom is 0.250 e. The number of thiophene rings is 1. The Hall–Kier alpha value is -2.06. The average Bonchev–Trinajstić information content (AvgIpc) is 2.91. The number of rotatable bonds is 7. The zero-order valence-electron chi connectivity index (χ0n) is 16.1. The molecule has 1 aromatic heterocycles. The summed E-state index contributed by atoms with van der Waals surface area (Å²) in [5, 5.41) is 0. The van der Waals surface area contributed by atoms with Crippen molar-refractivity contribution in [3.05, 3.63) is 21.4 Å². The number of carbonyl (C=O) groups is 1. The lowest BCUT2D eigenvalue weighted by Gasteiger charge is -2.22. The first kappa shape index (κ1) is 20.3.